The second-order valence-electron chi connectivity index (χ2n) is 6.97. The SMILES string of the molecule is CC1(C)C(NC(=O)c2n[nH]c3c2CNCC3)C2CCOC21.Cl. The molecule has 3 aliphatic rings. The second kappa shape index (κ2) is 5.51. The van der Waals surface area contributed by atoms with Crippen molar-refractivity contribution in [2.45, 2.75) is 45.4 Å². The molecule has 7 heteroatoms. The summed E-state index contributed by atoms with van der Waals surface area (Å²) in [6.45, 7) is 6.82. The number of aromatic nitrogens is 2. The standard InChI is InChI=1S/C15H22N4O2.ClH/c1-15(2)12(8-4-6-21-13(8)15)17-14(20)11-9-7-16-5-3-10(9)18-19-11;/h8,12-13,16H,3-7H2,1-2H3,(H,17,20)(H,18,19);1H. The van der Waals surface area contributed by atoms with E-state index in [9.17, 15) is 4.79 Å². The highest BCUT2D eigenvalue weighted by atomic mass is 35.5. The summed E-state index contributed by atoms with van der Waals surface area (Å²) >= 11 is 0. The van der Waals surface area contributed by atoms with Crippen LogP contribution in [0, 0.1) is 11.3 Å². The van der Waals surface area contributed by atoms with Crippen LogP contribution in [0.25, 0.3) is 0 Å². The van der Waals surface area contributed by atoms with Crippen molar-refractivity contribution in [2.24, 2.45) is 11.3 Å². The fourth-order valence-corrected chi connectivity index (χ4v) is 4.24. The third-order valence-electron chi connectivity index (χ3n) is 5.41. The Morgan fingerprint density at radius 3 is 3.09 bits per heavy atom. The minimum absolute atomic E-state index is 0. The lowest BCUT2D eigenvalue weighted by Gasteiger charge is -2.54. The lowest BCUT2D eigenvalue weighted by atomic mass is 9.57. The average Bonchev–Trinajstić information content (AvgIpc) is 3.10. The van der Waals surface area contributed by atoms with Crippen LogP contribution in [0.1, 0.15) is 42.0 Å². The van der Waals surface area contributed by atoms with E-state index in [1.54, 1.807) is 0 Å². The lowest BCUT2D eigenvalue weighted by molar-refractivity contribution is -0.108. The molecule has 1 aromatic heterocycles. The maximum Gasteiger partial charge on any atom is 0.272 e. The summed E-state index contributed by atoms with van der Waals surface area (Å²) in [6, 6.07) is 0.182. The van der Waals surface area contributed by atoms with Gasteiger partial charge in [-0.2, -0.15) is 5.10 Å². The minimum atomic E-state index is -0.0559. The Labute approximate surface area is 136 Å². The van der Waals surface area contributed by atoms with Crippen LogP contribution >= 0.6 is 12.4 Å². The van der Waals surface area contributed by atoms with E-state index in [2.05, 4.69) is 34.7 Å². The Hall–Kier alpha value is -1.11. The van der Waals surface area contributed by atoms with Gasteiger partial charge in [-0.15, -0.1) is 12.4 Å². The Morgan fingerprint density at radius 2 is 2.27 bits per heavy atom. The van der Waals surface area contributed by atoms with Gasteiger partial charge in [0.1, 0.15) is 0 Å². The van der Waals surface area contributed by atoms with E-state index in [0.29, 0.717) is 11.6 Å². The lowest BCUT2D eigenvalue weighted by Crippen LogP contribution is -2.66. The second-order valence-corrected chi connectivity index (χ2v) is 6.97. The number of rotatable bonds is 2. The molecule has 3 unspecified atom stereocenters. The highest BCUT2D eigenvalue weighted by Crippen LogP contribution is 2.52. The minimum Gasteiger partial charge on any atom is -0.377 e. The van der Waals surface area contributed by atoms with Gasteiger partial charge in [-0.3, -0.25) is 9.89 Å². The van der Waals surface area contributed by atoms with Crippen molar-refractivity contribution in [3.05, 3.63) is 17.0 Å². The van der Waals surface area contributed by atoms with Crippen molar-refractivity contribution in [3.8, 4) is 0 Å². The molecule has 122 valence electrons. The van der Waals surface area contributed by atoms with Gasteiger partial charge in [0.15, 0.2) is 5.69 Å². The Kier molecular flexibility index (Phi) is 3.95. The van der Waals surface area contributed by atoms with Crippen LogP contribution in [0.2, 0.25) is 0 Å². The Balaban J connectivity index is 0.00000144. The third-order valence-corrected chi connectivity index (χ3v) is 5.41. The first kappa shape index (κ1) is 15.8. The van der Waals surface area contributed by atoms with Crippen LogP contribution in [-0.2, 0) is 17.7 Å². The van der Waals surface area contributed by atoms with Gasteiger partial charge in [0, 0.05) is 54.7 Å². The molecule has 0 aromatic carbocycles. The highest BCUT2D eigenvalue weighted by molar-refractivity contribution is 5.94. The number of nitrogens with zero attached hydrogens (tertiary/aromatic N) is 1. The van der Waals surface area contributed by atoms with E-state index in [1.807, 2.05) is 0 Å². The number of hydrogen-bond donors (Lipinski definition) is 3. The molecular weight excluding hydrogens is 304 g/mol. The zero-order valence-electron chi connectivity index (χ0n) is 12.9. The summed E-state index contributed by atoms with van der Waals surface area (Å²) in [4.78, 5) is 12.6. The van der Waals surface area contributed by atoms with Crippen molar-refractivity contribution < 1.29 is 9.53 Å². The number of carbonyl (C=O) groups is 1. The predicted molar refractivity (Wildman–Crippen MR) is 84.1 cm³/mol. The third kappa shape index (κ3) is 2.16. The summed E-state index contributed by atoms with van der Waals surface area (Å²) in [5, 5.41) is 13.7. The Bertz CT molecular complexity index is 586. The molecule has 0 spiro atoms. The van der Waals surface area contributed by atoms with Gasteiger partial charge in [0.05, 0.1) is 6.10 Å². The average molecular weight is 327 g/mol. The zero-order valence-corrected chi connectivity index (χ0v) is 13.8. The van der Waals surface area contributed by atoms with Crippen molar-refractivity contribution >= 4 is 18.3 Å². The molecule has 1 amide bonds. The number of halogens is 1. The van der Waals surface area contributed by atoms with E-state index in [-0.39, 0.29) is 35.9 Å². The molecule has 1 aromatic rings. The van der Waals surface area contributed by atoms with Crippen LogP contribution in [0.15, 0.2) is 0 Å². The fourth-order valence-electron chi connectivity index (χ4n) is 4.24. The number of hydrogen-bond acceptors (Lipinski definition) is 4. The molecule has 22 heavy (non-hydrogen) atoms. The van der Waals surface area contributed by atoms with Crippen LogP contribution in [0.5, 0.6) is 0 Å². The molecule has 0 radical (unpaired) electrons. The Morgan fingerprint density at radius 1 is 1.45 bits per heavy atom. The smallest absolute Gasteiger partial charge is 0.272 e. The van der Waals surface area contributed by atoms with Crippen molar-refractivity contribution in [1.82, 2.24) is 20.8 Å². The molecule has 0 bridgehead atoms. The topological polar surface area (TPSA) is 79.0 Å². The predicted octanol–water partition coefficient (Wildman–Crippen LogP) is 1.02. The van der Waals surface area contributed by atoms with E-state index in [0.717, 1.165) is 43.8 Å². The van der Waals surface area contributed by atoms with Gasteiger partial charge in [-0.1, -0.05) is 13.8 Å². The van der Waals surface area contributed by atoms with Crippen molar-refractivity contribution in [3.63, 3.8) is 0 Å². The number of H-pyrrole nitrogens is 1. The van der Waals surface area contributed by atoms with Crippen molar-refractivity contribution in [1.29, 1.82) is 0 Å². The van der Waals surface area contributed by atoms with Crippen molar-refractivity contribution in [2.75, 3.05) is 13.2 Å². The number of nitrogens with one attached hydrogen (secondary N) is 3. The number of carbonyl (C=O) groups excluding carboxylic acids is 1. The molecule has 3 heterocycles. The van der Waals surface area contributed by atoms with Crippen LogP contribution in [0.4, 0.5) is 0 Å². The van der Waals surface area contributed by atoms with Gasteiger partial charge in [0.2, 0.25) is 0 Å². The van der Waals surface area contributed by atoms with E-state index in [1.165, 1.54) is 0 Å². The molecule has 2 aliphatic heterocycles. The quantitative estimate of drug-likeness (QED) is 0.758. The summed E-state index contributed by atoms with van der Waals surface area (Å²) in [6.07, 6.45) is 2.24. The van der Waals surface area contributed by atoms with Gasteiger partial charge in [-0.25, -0.2) is 0 Å². The zero-order chi connectivity index (χ0) is 14.6. The van der Waals surface area contributed by atoms with Crippen LogP contribution < -0.4 is 10.6 Å². The molecule has 2 fully saturated rings. The van der Waals surface area contributed by atoms with Gasteiger partial charge >= 0.3 is 0 Å². The highest BCUT2D eigenvalue weighted by Gasteiger charge is 2.59. The largest absolute Gasteiger partial charge is 0.377 e. The fraction of sp³-hybridized carbons (Fsp3) is 0.733. The molecule has 3 atom stereocenters. The normalized spacial score (nSPS) is 31.5. The van der Waals surface area contributed by atoms with Gasteiger partial charge in [0.25, 0.3) is 5.91 Å². The monoisotopic (exact) mass is 326 g/mol. The maximum atomic E-state index is 12.6. The molecule has 1 aliphatic carbocycles. The summed E-state index contributed by atoms with van der Waals surface area (Å²) in [5.41, 5.74) is 2.67. The number of aromatic amines is 1. The molecule has 3 N–H and O–H groups in total. The first-order valence-electron chi connectivity index (χ1n) is 7.78. The maximum absolute atomic E-state index is 12.6. The summed E-state index contributed by atoms with van der Waals surface area (Å²) in [5.74, 6) is 0.400. The van der Waals surface area contributed by atoms with E-state index in [4.69, 9.17) is 4.74 Å². The molecule has 6 nitrogen and oxygen atoms in total. The first-order chi connectivity index (χ1) is 10.1. The summed E-state index contributed by atoms with van der Waals surface area (Å²) < 4.78 is 5.78. The van der Waals surface area contributed by atoms with Gasteiger partial charge < -0.3 is 15.4 Å². The van der Waals surface area contributed by atoms with Crippen LogP contribution in [0.3, 0.4) is 0 Å². The summed E-state index contributed by atoms with van der Waals surface area (Å²) in [7, 11) is 0. The van der Waals surface area contributed by atoms with Gasteiger partial charge in [-0.05, 0) is 6.42 Å². The number of amides is 1. The van der Waals surface area contributed by atoms with E-state index >= 15 is 0 Å². The number of ether oxygens (including phenoxy) is 1. The number of fused-ring (bicyclic) bond motifs is 2. The molecular formula is C15H23ClN4O2. The molecule has 1 saturated heterocycles. The van der Waals surface area contributed by atoms with E-state index < -0.39 is 0 Å². The molecule has 4 rings (SSSR count). The first-order valence-corrected chi connectivity index (χ1v) is 7.78. The van der Waals surface area contributed by atoms with Crippen LogP contribution in [-0.4, -0.2) is 41.4 Å². The molecule has 1 saturated carbocycles.